The second-order valence-electron chi connectivity index (χ2n) is 19.9. The second kappa shape index (κ2) is 12.4. The Hall–Kier alpha value is -2.32. The first-order valence-electron chi connectivity index (χ1n) is 20.0. The van der Waals surface area contributed by atoms with E-state index in [-0.39, 0.29) is 38.7 Å². The molecule has 51 heavy (non-hydrogen) atoms. The van der Waals surface area contributed by atoms with Gasteiger partial charge in [0.25, 0.3) is 5.56 Å². The monoisotopic (exact) mass is 708 g/mol. The lowest BCUT2D eigenvalue weighted by Gasteiger charge is -2.74. The Bertz CT molecular complexity index is 1660. The standard InChI is InChI=1S/C43H69N3O5/c1-27(2)29-13-19-42(32-25-34(47)46(45(32)12)24-23-44-11)22-21-41(10)40(9)18-14-30-38(6,7)33(51-28(3)26-37(4,5)36(48)49)16-17-39(30,8)31(40)15-20-43(41,50)35(29)42/h25,27,30-31,33,44,50H,3,13-24,26H2,1-2,4-12H3,(H,48,49). The van der Waals surface area contributed by atoms with Gasteiger partial charge in [0.15, 0.2) is 0 Å². The molecule has 8 heteroatoms. The van der Waals surface area contributed by atoms with Crippen molar-refractivity contribution in [2.24, 2.45) is 51.9 Å². The number of carboxylic acids is 1. The van der Waals surface area contributed by atoms with Crippen LogP contribution in [0.5, 0.6) is 0 Å². The number of hydrogen-bond donors (Lipinski definition) is 3. The summed E-state index contributed by atoms with van der Waals surface area (Å²) in [6, 6.07) is 1.89. The fourth-order valence-electron chi connectivity index (χ4n) is 13.6. The van der Waals surface area contributed by atoms with Crippen LogP contribution >= 0.6 is 0 Å². The third kappa shape index (κ3) is 5.25. The molecule has 4 fully saturated rings. The van der Waals surface area contributed by atoms with Gasteiger partial charge in [-0.05, 0) is 119 Å². The molecule has 0 amide bonds. The largest absolute Gasteiger partial charge is 0.495 e. The van der Waals surface area contributed by atoms with Gasteiger partial charge in [0.2, 0.25) is 0 Å². The van der Waals surface area contributed by atoms with E-state index in [9.17, 15) is 19.8 Å². The fourth-order valence-corrected chi connectivity index (χ4v) is 13.6. The predicted molar refractivity (Wildman–Crippen MR) is 203 cm³/mol. The average molecular weight is 708 g/mol. The van der Waals surface area contributed by atoms with Crippen molar-refractivity contribution in [3.05, 3.63) is 45.6 Å². The first-order chi connectivity index (χ1) is 23.6. The van der Waals surface area contributed by atoms with Gasteiger partial charge in [0.1, 0.15) is 6.10 Å². The molecule has 0 radical (unpaired) electrons. The van der Waals surface area contributed by atoms with Crippen molar-refractivity contribution < 1.29 is 19.7 Å². The van der Waals surface area contributed by atoms with E-state index in [1.807, 2.05) is 17.8 Å². The van der Waals surface area contributed by atoms with Crippen LogP contribution in [0.15, 0.2) is 34.3 Å². The number of allylic oxidation sites excluding steroid dienone is 2. The number of aliphatic carboxylic acids is 1. The van der Waals surface area contributed by atoms with Crippen LogP contribution in [0.2, 0.25) is 0 Å². The first kappa shape index (κ1) is 38.4. The third-order valence-electron chi connectivity index (χ3n) is 16.6. The molecule has 8 unspecified atom stereocenters. The molecule has 286 valence electrons. The van der Waals surface area contributed by atoms with Gasteiger partial charge in [-0.2, -0.15) is 0 Å². The SMILES string of the molecule is C=C(CC(C)(C)C(=O)O)OC1CCC2(C)C(CCC3(C)C2CCC2(O)C4=C(C(C)C)CCC4(c4cc(=O)n(CCNC)n4C)CCC23C)C1(C)C. The number of fused-ring (bicyclic) bond motifs is 7. The van der Waals surface area contributed by atoms with Crippen LogP contribution in [0.25, 0.3) is 0 Å². The Morgan fingerprint density at radius 2 is 1.71 bits per heavy atom. The van der Waals surface area contributed by atoms with Gasteiger partial charge in [-0.25, -0.2) is 4.68 Å². The summed E-state index contributed by atoms with van der Waals surface area (Å²) in [7, 11) is 3.97. The molecule has 0 saturated heterocycles. The minimum absolute atomic E-state index is 0.00673. The Labute approximate surface area is 307 Å². The van der Waals surface area contributed by atoms with Gasteiger partial charge in [-0.3, -0.25) is 14.3 Å². The Morgan fingerprint density at radius 1 is 1.04 bits per heavy atom. The minimum atomic E-state index is -0.941. The molecular formula is C43H69N3O5. The van der Waals surface area contributed by atoms with Crippen LogP contribution in [0.4, 0.5) is 0 Å². The van der Waals surface area contributed by atoms with Crippen LogP contribution in [0, 0.1) is 44.8 Å². The number of rotatable bonds is 10. The number of nitrogens with one attached hydrogen (secondary N) is 1. The molecule has 6 rings (SSSR count). The van der Waals surface area contributed by atoms with E-state index in [0.29, 0.717) is 36.5 Å². The molecule has 0 aliphatic heterocycles. The number of hydrogen-bond acceptors (Lipinski definition) is 5. The third-order valence-corrected chi connectivity index (χ3v) is 16.6. The van der Waals surface area contributed by atoms with Crippen molar-refractivity contribution in [2.45, 2.75) is 157 Å². The quantitative estimate of drug-likeness (QED) is 0.168. The number of aliphatic hydroxyl groups is 1. The number of carboxylic acid groups (broad SMARTS) is 1. The summed E-state index contributed by atoms with van der Waals surface area (Å²) in [5.74, 6) is 0.991. The van der Waals surface area contributed by atoms with Crippen LogP contribution in [0.3, 0.4) is 0 Å². The molecule has 3 N–H and O–H groups in total. The highest BCUT2D eigenvalue weighted by molar-refractivity contribution is 5.73. The van der Waals surface area contributed by atoms with E-state index in [0.717, 1.165) is 76.4 Å². The lowest BCUT2D eigenvalue weighted by molar-refractivity contribution is -0.266. The number of likely N-dealkylation sites (N-methyl/N-ethyl adjacent to an activating group) is 1. The van der Waals surface area contributed by atoms with E-state index in [1.165, 1.54) is 11.1 Å². The highest BCUT2D eigenvalue weighted by Gasteiger charge is 2.74. The first-order valence-corrected chi connectivity index (χ1v) is 20.0. The average Bonchev–Trinajstić information content (AvgIpc) is 3.57. The highest BCUT2D eigenvalue weighted by Crippen LogP contribution is 2.78. The predicted octanol–water partition coefficient (Wildman–Crippen LogP) is 7.97. The molecule has 5 aliphatic carbocycles. The Morgan fingerprint density at radius 3 is 2.33 bits per heavy atom. The molecule has 0 spiro atoms. The zero-order valence-corrected chi connectivity index (χ0v) is 33.8. The lowest BCUT2D eigenvalue weighted by Crippen LogP contribution is -2.71. The van der Waals surface area contributed by atoms with E-state index in [4.69, 9.17) is 4.74 Å². The minimum Gasteiger partial charge on any atom is -0.495 e. The number of carbonyl (C=O) groups is 1. The maximum absolute atomic E-state index is 13.7. The van der Waals surface area contributed by atoms with Crippen molar-refractivity contribution in [1.29, 1.82) is 0 Å². The summed E-state index contributed by atoms with van der Waals surface area (Å²) in [6.07, 6.45) is 10.0. The number of aromatic nitrogens is 2. The van der Waals surface area contributed by atoms with Crippen LogP contribution in [0.1, 0.15) is 139 Å². The summed E-state index contributed by atoms with van der Waals surface area (Å²) in [6.45, 7) is 25.9. The molecule has 1 aromatic rings. The molecule has 8 nitrogen and oxygen atoms in total. The topological polar surface area (TPSA) is 106 Å². The van der Waals surface area contributed by atoms with E-state index >= 15 is 0 Å². The van der Waals surface area contributed by atoms with Crippen molar-refractivity contribution in [3.63, 3.8) is 0 Å². The Kier molecular flexibility index (Phi) is 9.31. The second-order valence-corrected chi connectivity index (χ2v) is 19.9. The van der Waals surface area contributed by atoms with E-state index in [2.05, 4.69) is 72.1 Å². The van der Waals surface area contributed by atoms with Gasteiger partial charge in [0, 0.05) is 42.3 Å². The van der Waals surface area contributed by atoms with Gasteiger partial charge < -0.3 is 20.3 Å². The molecule has 5 aliphatic rings. The maximum Gasteiger partial charge on any atom is 0.309 e. The normalized spacial score (nSPS) is 38.9. The van der Waals surface area contributed by atoms with Gasteiger partial charge in [-0.1, -0.05) is 60.6 Å². The van der Waals surface area contributed by atoms with E-state index in [1.54, 1.807) is 13.8 Å². The zero-order chi connectivity index (χ0) is 37.7. The molecule has 1 aromatic heterocycles. The fraction of sp³-hybridized carbons (Fsp3) is 0.814. The lowest BCUT2D eigenvalue weighted by atomic mass is 9.32. The van der Waals surface area contributed by atoms with Gasteiger partial charge in [-0.15, -0.1) is 0 Å². The van der Waals surface area contributed by atoms with Crippen LogP contribution < -0.4 is 10.9 Å². The van der Waals surface area contributed by atoms with E-state index < -0.39 is 17.0 Å². The van der Waals surface area contributed by atoms with Crippen molar-refractivity contribution >= 4 is 5.97 Å². The summed E-state index contributed by atoms with van der Waals surface area (Å²) in [5.41, 5.74) is 1.27. The number of ether oxygens (including phenoxy) is 1. The van der Waals surface area contributed by atoms with Crippen molar-refractivity contribution in [2.75, 3.05) is 13.6 Å². The molecule has 4 saturated carbocycles. The summed E-state index contributed by atoms with van der Waals surface area (Å²) in [4.78, 5) is 25.3. The van der Waals surface area contributed by atoms with Crippen molar-refractivity contribution in [1.82, 2.24) is 14.7 Å². The maximum atomic E-state index is 13.7. The summed E-state index contributed by atoms with van der Waals surface area (Å²) in [5, 5.41) is 26.6. The smallest absolute Gasteiger partial charge is 0.309 e. The summed E-state index contributed by atoms with van der Waals surface area (Å²) >= 11 is 0. The molecule has 0 bridgehead atoms. The van der Waals surface area contributed by atoms with Crippen LogP contribution in [-0.2, 0) is 28.5 Å². The van der Waals surface area contributed by atoms with Crippen LogP contribution in [-0.4, -0.2) is 50.8 Å². The number of nitrogens with zero attached hydrogens (tertiary/aromatic N) is 2. The van der Waals surface area contributed by atoms with Gasteiger partial charge >= 0.3 is 5.97 Å². The van der Waals surface area contributed by atoms with Gasteiger partial charge in [0.05, 0.1) is 29.0 Å². The highest BCUT2D eigenvalue weighted by atomic mass is 16.5. The zero-order valence-electron chi connectivity index (χ0n) is 33.8. The molecule has 0 aromatic carbocycles. The molecular weight excluding hydrogens is 638 g/mol. The van der Waals surface area contributed by atoms with Crippen molar-refractivity contribution in [3.8, 4) is 0 Å². The Balaban J connectivity index is 1.35. The molecule has 8 atom stereocenters. The summed E-state index contributed by atoms with van der Waals surface area (Å²) < 4.78 is 10.6. The molecule has 1 heterocycles.